The van der Waals surface area contributed by atoms with Gasteiger partial charge in [-0.1, -0.05) is 0 Å². The van der Waals surface area contributed by atoms with Crippen molar-refractivity contribution >= 4 is 23.4 Å². The lowest BCUT2D eigenvalue weighted by Crippen LogP contribution is -2.32. The number of imide groups is 1. The Kier molecular flexibility index (Phi) is 2.88. The molecule has 0 saturated heterocycles. The highest BCUT2D eigenvalue weighted by molar-refractivity contribution is 6.21. The third kappa shape index (κ3) is 1.86. The van der Waals surface area contributed by atoms with Crippen LogP contribution in [0.15, 0.2) is 18.2 Å². The van der Waals surface area contributed by atoms with E-state index in [2.05, 4.69) is 5.32 Å². The SMILES string of the molecule is C[C@@H](N)C(=O)Nc1ccc2c(c1)C(=O)N(C)C2=O. The summed E-state index contributed by atoms with van der Waals surface area (Å²) in [5.41, 5.74) is 6.52. The van der Waals surface area contributed by atoms with Crippen LogP contribution in [0.3, 0.4) is 0 Å². The molecule has 0 fully saturated rings. The number of hydrogen-bond donors (Lipinski definition) is 2. The highest BCUT2D eigenvalue weighted by Gasteiger charge is 2.32. The molecule has 2 rings (SSSR count). The van der Waals surface area contributed by atoms with Crippen molar-refractivity contribution in [3.05, 3.63) is 29.3 Å². The Morgan fingerprint density at radius 3 is 2.50 bits per heavy atom. The number of benzene rings is 1. The predicted octanol–water partition coefficient (Wildman–Crippen LogP) is 0.198. The number of amides is 3. The van der Waals surface area contributed by atoms with E-state index in [4.69, 9.17) is 5.73 Å². The van der Waals surface area contributed by atoms with Crippen LogP contribution in [-0.2, 0) is 4.79 Å². The van der Waals surface area contributed by atoms with E-state index in [1.165, 1.54) is 19.2 Å². The monoisotopic (exact) mass is 247 g/mol. The molecule has 1 aromatic carbocycles. The van der Waals surface area contributed by atoms with Crippen LogP contribution in [0.2, 0.25) is 0 Å². The summed E-state index contributed by atoms with van der Waals surface area (Å²) in [6.45, 7) is 1.56. The molecule has 6 nitrogen and oxygen atoms in total. The summed E-state index contributed by atoms with van der Waals surface area (Å²) in [5, 5.41) is 2.58. The Bertz CT molecular complexity index is 551. The van der Waals surface area contributed by atoms with Crippen LogP contribution in [0.5, 0.6) is 0 Å². The fourth-order valence-corrected chi connectivity index (χ4v) is 1.70. The molecule has 3 N–H and O–H groups in total. The van der Waals surface area contributed by atoms with E-state index in [-0.39, 0.29) is 17.7 Å². The zero-order valence-corrected chi connectivity index (χ0v) is 10.1. The normalized spacial score (nSPS) is 15.6. The second-order valence-corrected chi connectivity index (χ2v) is 4.21. The fourth-order valence-electron chi connectivity index (χ4n) is 1.70. The maximum absolute atomic E-state index is 11.7. The highest BCUT2D eigenvalue weighted by Crippen LogP contribution is 2.24. The summed E-state index contributed by atoms with van der Waals surface area (Å²) in [4.78, 5) is 35.9. The molecule has 0 unspecified atom stereocenters. The zero-order valence-electron chi connectivity index (χ0n) is 10.1. The second kappa shape index (κ2) is 4.23. The van der Waals surface area contributed by atoms with Gasteiger partial charge in [-0.25, -0.2) is 0 Å². The Hall–Kier alpha value is -2.21. The van der Waals surface area contributed by atoms with Crippen molar-refractivity contribution < 1.29 is 14.4 Å². The van der Waals surface area contributed by atoms with E-state index in [9.17, 15) is 14.4 Å². The Morgan fingerprint density at radius 1 is 1.28 bits per heavy atom. The van der Waals surface area contributed by atoms with Gasteiger partial charge < -0.3 is 11.1 Å². The third-order valence-corrected chi connectivity index (χ3v) is 2.77. The van der Waals surface area contributed by atoms with E-state index in [0.717, 1.165) is 4.90 Å². The van der Waals surface area contributed by atoms with Crippen molar-refractivity contribution in [1.29, 1.82) is 0 Å². The van der Waals surface area contributed by atoms with Crippen molar-refractivity contribution in [2.45, 2.75) is 13.0 Å². The number of carbonyl (C=O) groups is 3. The summed E-state index contributed by atoms with van der Waals surface area (Å²) in [6, 6.07) is 3.94. The van der Waals surface area contributed by atoms with Crippen LogP contribution < -0.4 is 11.1 Å². The van der Waals surface area contributed by atoms with Gasteiger partial charge in [-0.05, 0) is 25.1 Å². The van der Waals surface area contributed by atoms with E-state index >= 15 is 0 Å². The van der Waals surface area contributed by atoms with Crippen molar-refractivity contribution in [2.75, 3.05) is 12.4 Å². The van der Waals surface area contributed by atoms with Gasteiger partial charge >= 0.3 is 0 Å². The largest absolute Gasteiger partial charge is 0.325 e. The van der Waals surface area contributed by atoms with Crippen molar-refractivity contribution in [2.24, 2.45) is 5.73 Å². The van der Waals surface area contributed by atoms with Crippen molar-refractivity contribution in [1.82, 2.24) is 4.90 Å². The summed E-state index contributed by atoms with van der Waals surface area (Å²) in [6.07, 6.45) is 0. The van der Waals surface area contributed by atoms with E-state index in [1.807, 2.05) is 0 Å². The van der Waals surface area contributed by atoms with Gasteiger partial charge in [-0.2, -0.15) is 0 Å². The van der Waals surface area contributed by atoms with Gasteiger partial charge in [0.25, 0.3) is 11.8 Å². The smallest absolute Gasteiger partial charge is 0.261 e. The summed E-state index contributed by atoms with van der Waals surface area (Å²) in [5.74, 6) is -1.05. The minimum Gasteiger partial charge on any atom is -0.325 e. The van der Waals surface area contributed by atoms with Crippen LogP contribution in [-0.4, -0.2) is 35.7 Å². The standard InChI is InChI=1S/C12H13N3O3/c1-6(13)10(16)14-7-3-4-8-9(5-7)12(18)15(2)11(8)17/h3-6H,13H2,1-2H3,(H,14,16)/t6-/m1/s1. The van der Waals surface area contributed by atoms with E-state index in [1.54, 1.807) is 13.0 Å². The Balaban J connectivity index is 2.32. The highest BCUT2D eigenvalue weighted by atomic mass is 16.2. The molecule has 1 aliphatic heterocycles. The Labute approximate surface area is 104 Å². The molecule has 1 heterocycles. The fraction of sp³-hybridized carbons (Fsp3) is 0.250. The first-order valence-corrected chi connectivity index (χ1v) is 5.44. The summed E-state index contributed by atoms with van der Waals surface area (Å²) >= 11 is 0. The van der Waals surface area contributed by atoms with Gasteiger partial charge in [-0.3, -0.25) is 19.3 Å². The van der Waals surface area contributed by atoms with E-state index < -0.39 is 6.04 Å². The minimum absolute atomic E-state index is 0.296. The maximum atomic E-state index is 11.7. The van der Waals surface area contributed by atoms with Gasteiger partial charge in [0.15, 0.2) is 0 Å². The number of hydrogen-bond acceptors (Lipinski definition) is 4. The Morgan fingerprint density at radius 2 is 1.89 bits per heavy atom. The van der Waals surface area contributed by atoms with Crippen LogP contribution in [0.1, 0.15) is 27.6 Å². The molecule has 6 heteroatoms. The number of nitrogens with zero attached hydrogens (tertiary/aromatic N) is 1. The molecule has 0 aliphatic carbocycles. The quantitative estimate of drug-likeness (QED) is 0.730. The van der Waals surface area contributed by atoms with Gasteiger partial charge in [-0.15, -0.1) is 0 Å². The maximum Gasteiger partial charge on any atom is 0.261 e. The molecule has 0 aromatic heterocycles. The number of carbonyl (C=O) groups excluding carboxylic acids is 3. The number of rotatable bonds is 2. The molecule has 1 aliphatic rings. The van der Waals surface area contributed by atoms with Gasteiger partial charge in [0.05, 0.1) is 17.2 Å². The molecule has 0 bridgehead atoms. The van der Waals surface area contributed by atoms with Gasteiger partial charge in [0.1, 0.15) is 0 Å². The molecule has 0 saturated carbocycles. The number of fused-ring (bicyclic) bond motifs is 1. The van der Waals surface area contributed by atoms with Crippen LogP contribution in [0.4, 0.5) is 5.69 Å². The van der Waals surface area contributed by atoms with Crippen molar-refractivity contribution in [3.8, 4) is 0 Å². The average molecular weight is 247 g/mol. The molecule has 0 spiro atoms. The molecule has 1 aromatic rings. The predicted molar refractivity (Wildman–Crippen MR) is 65.1 cm³/mol. The summed E-state index contributed by atoms with van der Waals surface area (Å²) < 4.78 is 0. The van der Waals surface area contributed by atoms with Crippen molar-refractivity contribution in [3.63, 3.8) is 0 Å². The first-order valence-electron chi connectivity index (χ1n) is 5.44. The van der Waals surface area contributed by atoms with Crippen LogP contribution >= 0.6 is 0 Å². The third-order valence-electron chi connectivity index (χ3n) is 2.77. The first-order chi connectivity index (χ1) is 8.41. The van der Waals surface area contributed by atoms with Crippen LogP contribution in [0, 0.1) is 0 Å². The lowest BCUT2D eigenvalue weighted by atomic mass is 10.1. The molecule has 18 heavy (non-hydrogen) atoms. The van der Waals surface area contributed by atoms with Crippen LogP contribution in [0.25, 0.3) is 0 Å². The molecular formula is C12H13N3O3. The minimum atomic E-state index is -0.640. The first kappa shape index (κ1) is 12.3. The lowest BCUT2D eigenvalue weighted by molar-refractivity contribution is -0.117. The van der Waals surface area contributed by atoms with Gasteiger partial charge in [0.2, 0.25) is 5.91 Å². The lowest BCUT2D eigenvalue weighted by Gasteiger charge is -2.08. The molecule has 0 radical (unpaired) electrons. The average Bonchev–Trinajstić information content (AvgIpc) is 2.54. The number of anilines is 1. The molecule has 3 amide bonds. The van der Waals surface area contributed by atoms with E-state index in [0.29, 0.717) is 16.8 Å². The molecular weight excluding hydrogens is 234 g/mol. The number of nitrogens with one attached hydrogen (secondary N) is 1. The zero-order chi connectivity index (χ0) is 13.4. The number of nitrogens with two attached hydrogens (primary N) is 1. The molecule has 94 valence electrons. The topological polar surface area (TPSA) is 92.5 Å². The second-order valence-electron chi connectivity index (χ2n) is 4.21. The molecule has 1 atom stereocenters. The summed E-state index contributed by atoms with van der Waals surface area (Å²) in [7, 11) is 1.42. The van der Waals surface area contributed by atoms with Gasteiger partial charge in [0, 0.05) is 12.7 Å².